The summed E-state index contributed by atoms with van der Waals surface area (Å²) in [4.78, 5) is 35.2. The number of esters is 1. The highest BCUT2D eigenvalue weighted by atomic mass is 16.5. The van der Waals surface area contributed by atoms with Crippen molar-refractivity contribution < 1.29 is 24.2 Å². The predicted octanol–water partition coefficient (Wildman–Crippen LogP) is 0.692. The summed E-state index contributed by atoms with van der Waals surface area (Å²) in [5.74, 6) is -1.09. The minimum atomic E-state index is -0.815. The number of nitrogens with zero attached hydrogens (tertiary/aromatic N) is 1. The molecule has 20 heavy (non-hydrogen) atoms. The van der Waals surface area contributed by atoms with Gasteiger partial charge in [-0.1, -0.05) is 6.92 Å². The summed E-state index contributed by atoms with van der Waals surface area (Å²) >= 11 is 0. The van der Waals surface area contributed by atoms with Crippen LogP contribution in [0.4, 0.5) is 4.79 Å². The lowest BCUT2D eigenvalue weighted by molar-refractivity contribution is -0.140. The van der Waals surface area contributed by atoms with Crippen LogP contribution in [-0.2, 0) is 14.3 Å². The third-order valence-electron chi connectivity index (χ3n) is 3.66. The van der Waals surface area contributed by atoms with Gasteiger partial charge >= 0.3 is 18.0 Å². The van der Waals surface area contributed by atoms with E-state index in [1.54, 1.807) is 4.90 Å². The van der Waals surface area contributed by atoms with E-state index < -0.39 is 11.9 Å². The predicted molar refractivity (Wildman–Crippen MR) is 71.1 cm³/mol. The Morgan fingerprint density at radius 2 is 2.15 bits per heavy atom. The number of rotatable bonds is 5. The van der Waals surface area contributed by atoms with E-state index in [4.69, 9.17) is 5.11 Å². The normalized spacial score (nSPS) is 20.1. The van der Waals surface area contributed by atoms with E-state index >= 15 is 0 Å². The van der Waals surface area contributed by atoms with Crippen LogP contribution in [-0.4, -0.2) is 54.7 Å². The highest BCUT2D eigenvalue weighted by Gasteiger charge is 2.28. The van der Waals surface area contributed by atoms with Crippen molar-refractivity contribution in [3.05, 3.63) is 0 Å². The van der Waals surface area contributed by atoms with Gasteiger partial charge in [0.2, 0.25) is 0 Å². The fourth-order valence-electron chi connectivity index (χ4n) is 2.43. The number of piperidine rings is 1. The Balaban J connectivity index is 2.45. The lowest BCUT2D eigenvalue weighted by Crippen LogP contribution is -2.48. The molecule has 7 nitrogen and oxygen atoms in total. The average Bonchev–Trinajstić information content (AvgIpc) is 2.43. The molecule has 1 saturated heterocycles. The number of carbonyl (C=O) groups excluding carboxylic acids is 2. The zero-order chi connectivity index (χ0) is 15.1. The van der Waals surface area contributed by atoms with Gasteiger partial charge in [0.05, 0.1) is 7.11 Å². The number of amides is 2. The number of ether oxygens (including phenoxy) is 1. The summed E-state index contributed by atoms with van der Waals surface area (Å²) in [7, 11) is 1.26. The SMILES string of the molecule is COC(=O)CNC(=O)N1CCCC(C(C)CC(=O)O)C1. The summed E-state index contributed by atoms with van der Waals surface area (Å²) in [5, 5.41) is 11.3. The Morgan fingerprint density at radius 1 is 1.45 bits per heavy atom. The first-order valence-corrected chi connectivity index (χ1v) is 6.75. The molecule has 1 rings (SSSR count). The van der Waals surface area contributed by atoms with Crippen molar-refractivity contribution in [2.75, 3.05) is 26.7 Å². The molecule has 0 radical (unpaired) electrons. The number of carbonyl (C=O) groups is 3. The monoisotopic (exact) mass is 286 g/mol. The Hall–Kier alpha value is -1.79. The fourth-order valence-corrected chi connectivity index (χ4v) is 2.43. The summed E-state index contributed by atoms with van der Waals surface area (Å²) in [6, 6.07) is -0.303. The van der Waals surface area contributed by atoms with Gasteiger partial charge in [-0.2, -0.15) is 0 Å². The van der Waals surface area contributed by atoms with Crippen molar-refractivity contribution in [1.29, 1.82) is 0 Å². The van der Waals surface area contributed by atoms with Crippen molar-refractivity contribution in [3.63, 3.8) is 0 Å². The van der Waals surface area contributed by atoms with Crippen LogP contribution in [0, 0.1) is 11.8 Å². The van der Waals surface area contributed by atoms with Crippen molar-refractivity contribution in [2.45, 2.75) is 26.2 Å². The van der Waals surface area contributed by atoms with Gasteiger partial charge in [-0.05, 0) is 24.7 Å². The van der Waals surface area contributed by atoms with E-state index in [1.165, 1.54) is 7.11 Å². The molecule has 0 aromatic heterocycles. The Bertz CT molecular complexity index is 372. The molecular formula is C13H22N2O5. The Morgan fingerprint density at radius 3 is 2.75 bits per heavy atom. The second kappa shape index (κ2) is 7.72. The van der Waals surface area contributed by atoms with E-state index in [0.29, 0.717) is 13.1 Å². The van der Waals surface area contributed by atoms with E-state index in [1.807, 2.05) is 6.92 Å². The smallest absolute Gasteiger partial charge is 0.325 e. The molecule has 1 heterocycles. The lowest BCUT2D eigenvalue weighted by Gasteiger charge is -2.35. The van der Waals surface area contributed by atoms with E-state index in [0.717, 1.165) is 12.8 Å². The first-order chi connectivity index (χ1) is 9.43. The van der Waals surface area contributed by atoms with Gasteiger partial charge in [-0.15, -0.1) is 0 Å². The number of carboxylic acids is 1. The highest BCUT2D eigenvalue weighted by molar-refractivity contribution is 5.80. The molecule has 114 valence electrons. The number of urea groups is 1. The minimum absolute atomic E-state index is 0.0312. The number of methoxy groups -OCH3 is 1. The molecular weight excluding hydrogens is 264 g/mol. The standard InChI is InChI=1S/C13H22N2O5/c1-9(6-11(16)17)10-4-3-5-15(8-10)13(19)14-7-12(18)20-2/h9-10H,3-8H2,1-2H3,(H,14,19)(H,16,17). The van der Waals surface area contributed by atoms with E-state index in [9.17, 15) is 14.4 Å². The average molecular weight is 286 g/mol. The number of nitrogens with one attached hydrogen (secondary N) is 1. The van der Waals surface area contributed by atoms with Crippen molar-refractivity contribution in [2.24, 2.45) is 11.8 Å². The van der Waals surface area contributed by atoms with Gasteiger partial charge in [-0.3, -0.25) is 9.59 Å². The molecule has 0 aromatic carbocycles. The third kappa shape index (κ3) is 5.07. The van der Waals surface area contributed by atoms with Crippen LogP contribution in [0.2, 0.25) is 0 Å². The van der Waals surface area contributed by atoms with Crippen molar-refractivity contribution in [1.82, 2.24) is 10.2 Å². The number of aliphatic carboxylic acids is 1. The first kappa shape index (κ1) is 16.3. The maximum atomic E-state index is 11.9. The summed E-state index contributed by atoms with van der Waals surface area (Å²) in [5.41, 5.74) is 0. The van der Waals surface area contributed by atoms with Crippen LogP contribution < -0.4 is 5.32 Å². The van der Waals surface area contributed by atoms with Gasteiger partial charge in [0.15, 0.2) is 0 Å². The summed E-state index contributed by atoms with van der Waals surface area (Å²) < 4.78 is 4.45. The second-order valence-corrected chi connectivity index (χ2v) is 5.16. The molecule has 1 aliphatic rings. The molecule has 2 unspecified atom stereocenters. The van der Waals surface area contributed by atoms with Crippen LogP contribution in [0.1, 0.15) is 26.2 Å². The van der Waals surface area contributed by atoms with Gasteiger partial charge < -0.3 is 20.1 Å². The molecule has 1 fully saturated rings. The first-order valence-electron chi connectivity index (χ1n) is 6.75. The molecule has 2 atom stereocenters. The minimum Gasteiger partial charge on any atom is -0.481 e. The summed E-state index contributed by atoms with van der Waals surface area (Å²) in [6.45, 7) is 2.90. The molecule has 0 aromatic rings. The van der Waals surface area contributed by atoms with Gasteiger partial charge in [-0.25, -0.2) is 4.79 Å². The zero-order valence-corrected chi connectivity index (χ0v) is 11.9. The maximum absolute atomic E-state index is 11.9. The van der Waals surface area contributed by atoms with Crippen LogP contribution in [0.5, 0.6) is 0 Å². The largest absolute Gasteiger partial charge is 0.481 e. The number of likely N-dealkylation sites (tertiary alicyclic amines) is 1. The number of hydrogen-bond donors (Lipinski definition) is 2. The number of hydrogen-bond acceptors (Lipinski definition) is 4. The molecule has 0 bridgehead atoms. The van der Waals surface area contributed by atoms with Crippen LogP contribution in [0.3, 0.4) is 0 Å². The van der Waals surface area contributed by atoms with Gasteiger partial charge in [0, 0.05) is 19.5 Å². The molecule has 1 aliphatic heterocycles. The van der Waals surface area contributed by atoms with Crippen LogP contribution in [0.25, 0.3) is 0 Å². The maximum Gasteiger partial charge on any atom is 0.325 e. The van der Waals surface area contributed by atoms with Crippen LogP contribution >= 0.6 is 0 Å². The van der Waals surface area contributed by atoms with Crippen LogP contribution in [0.15, 0.2) is 0 Å². The second-order valence-electron chi connectivity index (χ2n) is 5.16. The molecule has 0 spiro atoms. The molecule has 2 N–H and O–H groups in total. The van der Waals surface area contributed by atoms with E-state index in [2.05, 4.69) is 10.1 Å². The lowest BCUT2D eigenvalue weighted by atomic mass is 9.85. The fraction of sp³-hybridized carbons (Fsp3) is 0.769. The molecule has 7 heteroatoms. The van der Waals surface area contributed by atoms with E-state index in [-0.39, 0.29) is 30.8 Å². The molecule has 0 saturated carbocycles. The Kier molecular flexibility index (Phi) is 6.27. The number of carboxylic acid groups (broad SMARTS) is 1. The highest BCUT2D eigenvalue weighted by Crippen LogP contribution is 2.26. The zero-order valence-electron chi connectivity index (χ0n) is 11.9. The molecule has 0 aliphatic carbocycles. The van der Waals surface area contributed by atoms with Crippen molar-refractivity contribution in [3.8, 4) is 0 Å². The van der Waals surface area contributed by atoms with Crippen molar-refractivity contribution >= 4 is 18.0 Å². The summed E-state index contributed by atoms with van der Waals surface area (Å²) in [6.07, 6.45) is 1.89. The third-order valence-corrected chi connectivity index (χ3v) is 3.66. The topological polar surface area (TPSA) is 95.9 Å². The van der Waals surface area contributed by atoms with Gasteiger partial charge in [0.25, 0.3) is 0 Å². The Labute approximate surface area is 118 Å². The molecule has 2 amide bonds. The quantitative estimate of drug-likeness (QED) is 0.725. The van der Waals surface area contributed by atoms with Gasteiger partial charge in [0.1, 0.15) is 6.54 Å².